The van der Waals surface area contributed by atoms with E-state index in [-0.39, 0.29) is 12.4 Å². The van der Waals surface area contributed by atoms with E-state index in [0.29, 0.717) is 0 Å². The minimum atomic E-state index is 0. The van der Waals surface area contributed by atoms with Crippen LogP contribution in [0.4, 0.5) is 0 Å². The monoisotopic (exact) mass is 291 g/mol. The fraction of sp³-hybridized carbons (Fsp3) is 0.294. The number of para-hydroxylation sites is 1. The maximum atomic E-state index is 5.94. The van der Waals surface area contributed by atoms with Crippen LogP contribution in [0.15, 0.2) is 48.5 Å². The van der Waals surface area contributed by atoms with E-state index in [1.807, 2.05) is 31.3 Å². The lowest BCUT2D eigenvalue weighted by atomic mass is 10.1. The Kier molecular flexibility index (Phi) is 7.13. The second kappa shape index (κ2) is 8.62. The first-order valence-electron chi connectivity index (χ1n) is 6.76. The molecule has 0 atom stereocenters. The molecule has 2 rings (SSSR count). The largest absolute Gasteiger partial charge is 0.457 e. The van der Waals surface area contributed by atoms with Gasteiger partial charge in [0.2, 0.25) is 0 Å². The van der Waals surface area contributed by atoms with Crippen LogP contribution in [0.1, 0.15) is 17.5 Å². The molecule has 2 aromatic rings. The summed E-state index contributed by atoms with van der Waals surface area (Å²) < 4.78 is 5.94. The van der Waals surface area contributed by atoms with E-state index in [2.05, 4.69) is 36.5 Å². The number of nitrogens with one attached hydrogen (secondary N) is 1. The molecule has 2 nitrogen and oxygen atoms in total. The summed E-state index contributed by atoms with van der Waals surface area (Å²) in [7, 11) is 1.98. The van der Waals surface area contributed by atoms with E-state index in [0.717, 1.165) is 36.4 Å². The number of benzene rings is 2. The van der Waals surface area contributed by atoms with Gasteiger partial charge < -0.3 is 10.1 Å². The van der Waals surface area contributed by atoms with Crippen LogP contribution in [0.3, 0.4) is 0 Å². The Morgan fingerprint density at radius 2 is 1.85 bits per heavy atom. The molecule has 2 aromatic carbocycles. The lowest BCUT2D eigenvalue weighted by Crippen LogP contribution is -2.08. The quantitative estimate of drug-likeness (QED) is 0.799. The second-order valence-electron chi connectivity index (χ2n) is 4.72. The average molecular weight is 292 g/mol. The Balaban J connectivity index is 0.00000200. The number of aryl methyl sites for hydroxylation is 2. The molecule has 108 valence electrons. The van der Waals surface area contributed by atoms with Crippen LogP contribution in [0, 0.1) is 6.92 Å². The number of hydrogen-bond acceptors (Lipinski definition) is 2. The highest BCUT2D eigenvalue weighted by molar-refractivity contribution is 5.85. The van der Waals surface area contributed by atoms with Crippen molar-refractivity contribution < 1.29 is 4.74 Å². The van der Waals surface area contributed by atoms with Crippen molar-refractivity contribution in [3.8, 4) is 11.5 Å². The average Bonchev–Trinajstić information content (AvgIpc) is 2.42. The molecule has 0 unspecified atom stereocenters. The Hall–Kier alpha value is -1.51. The molecule has 0 amide bonds. The molecule has 0 saturated heterocycles. The van der Waals surface area contributed by atoms with Gasteiger partial charge >= 0.3 is 0 Å². The lowest BCUT2D eigenvalue weighted by molar-refractivity contribution is 0.478. The zero-order valence-electron chi connectivity index (χ0n) is 12.1. The van der Waals surface area contributed by atoms with Gasteiger partial charge in [-0.15, -0.1) is 12.4 Å². The first-order chi connectivity index (χ1) is 9.29. The molecule has 0 spiro atoms. The highest BCUT2D eigenvalue weighted by atomic mass is 35.5. The van der Waals surface area contributed by atoms with E-state index in [1.54, 1.807) is 0 Å². The zero-order valence-corrected chi connectivity index (χ0v) is 12.9. The maximum absolute atomic E-state index is 5.94. The van der Waals surface area contributed by atoms with Crippen molar-refractivity contribution in [2.24, 2.45) is 0 Å². The van der Waals surface area contributed by atoms with Crippen molar-refractivity contribution in [3.63, 3.8) is 0 Å². The van der Waals surface area contributed by atoms with Crippen molar-refractivity contribution in [2.45, 2.75) is 19.8 Å². The number of hydrogen-bond donors (Lipinski definition) is 1. The predicted molar refractivity (Wildman–Crippen MR) is 87.2 cm³/mol. The normalized spacial score (nSPS) is 9.90. The van der Waals surface area contributed by atoms with Gasteiger partial charge in [0.05, 0.1) is 0 Å². The van der Waals surface area contributed by atoms with Crippen LogP contribution in [0.2, 0.25) is 0 Å². The molecular weight excluding hydrogens is 270 g/mol. The van der Waals surface area contributed by atoms with Crippen molar-refractivity contribution in [2.75, 3.05) is 13.6 Å². The van der Waals surface area contributed by atoms with Gasteiger partial charge in [0, 0.05) is 0 Å². The third-order valence-corrected chi connectivity index (χ3v) is 3.11. The third-order valence-electron chi connectivity index (χ3n) is 3.11. The SMILES string of the molecule is CNCCCc1cccc(Oc2ccccc2C)c1.Cl. The molecule has 0 heterocycles. The van der Waals surface area contributed by atoms with Crippen LogP contribution in [0.5, 0.6) is 11.5 Å². The molecule has 0 aromatic heterocycles. The zero-order chi connectivity index (χ0) is 13.5. The summed E-state index contributed by atoms with van der Waals surface area (Å²) in [6.07, 6.45) is 2.22. The van der Waals surface area contributed by atoms with Gasteiger partial charge in [0.25, 0.3) is 0 Å². The highest BCUT2D eigenvalue weighted by Crippen LogP contribution is 2.25. The van der Waals surface area contributed by atoms with Crippen molar-refractivity contribution in [1.29, 1.82) is 0 Å². The van der Waals surface area contributed by atoms with E-state index in [9.17, 15) is 0 Å². The Labute approximate surface area is 127 Å². The van der Waals surface area contributed by atoms with E-state index in [1.165, 1.54) is 5.56 Å². The molecule has 0 aliphatic rings. The first kappa shape index (κ1) is 16.5. The van der Waals surface area contributed by atoms with Gasteiger partial charge in [-0.1, -0.05) is 30.3 Å². The van der Waals surface area contributed by atoms with E-state index >= 15 is 0 Å². The molecule has 0 fully saturated rings. The Bertz CT molecular complexity index is 528. The van der Waals surface area contributed by atoms with Gasteiger partial charge in [0.15, 0.2) is 0 Å². The maximum Gasteiger partial charge on any atom is 0.130 e. The summed E-state index contributed by atoms with van der Waals surface area (Å²) in [6, 6.07) is 16.4. The smallest absolute Gasteiger partial charge is 0.130 e. The fourth-order valence-corrected chi connectivity index (χ4v) is 2.03. The molecule has 3 heteroatoms. The fourth-order valence-electron chi connectivity index (χ4n) is 2.03. The van der Waals surface area contributed by atoms with Crippen LogP contribution in [0.25, 0.3) is 0 Å². The number of rotatable bonds is 6. The summed E-state index contributed by atoms with van der Waals surface area (Å²) >= 11 is 0. The molecular formula is C17H22ClNO. The molecule has 0 aliphatic heterocycles. The summed E-state index contributed by atoms with van der Waals surface area (Å²) in [5.74, 6) is 1.84. The second-order valence-corrected chi connectivity index (χ2v) is 4.72. The van der Waals surface area contributed by atoms with Gasteiger partial charge in [-0.05, 0) is 62.7 Å². The summed E-state index contributed by atoms with van der Waals surface area (Å²) in [5, 5.41) is 3.17. The predicted octanol–water partition coefficient (Wildman–Crippen LogP) is 4.36. The first-order valence-corrected chi connectivity index (χ1v) is 6.76. The van der Waals surface area contributed by atoms with Crippen molar-refractivity contribution in [1.82, 2.24) is 5.32 Å². The summed E-state index contributed by atoms with van der Waals surface area (Å²) in [4.78, 5) is 0. The van der Waals surface area contributed by atoms with Crippen LogP contribution in [-0.4, -0.2) is 13.6 Å². The molecule has 0 radical (unpaired) electrons. The van der Waals surface area contributed by atoms with Gasteiger partial charge in [0.1, 0.15) is 11.5 Å². The van der Waals surface area contributed by atoms with Crippen LogP contribution in [-0.2, 0) is 6.42 Å². The lowest BCUT2D eigenvalue weighted by Gasteiger charge is -2.09. The van der Waals surface area contributed by atoms with E-state index < -0.39 is 0 Å². The van der Waals surface area contributed by atoms with Gasteiger partial charge in [-0.3, -0.25) is 0 Å². The van der Waals surface area contributed by atoms with Crippen LogP contribution < -0.4 is 10.1 Å². The molecule has 20 heavy (non-hydrogen) atoms. The number of ether oxygens (including phenoxy) is 1. The van der Waals surface area contributed by atoms with E-state index in [4.69, 9.17) is 4.74 Å². The minimum Gasteiger partial charge on any atom is -0.457 e. The highest BCUT2D eigenvalue weighted by Gasteiger charge is 2.01. The Morgan fingerprint density at radius 3 is 2.60 bits per heavy atom. The topological polar surface area (TPSA) is 21.3 Å². The number of halogens is 1. The standard InChI is InChI=1S/C17H21NO.ClH/c1-14-7-3-4-11-17(14)19-16-10-5-8-15(13-16)9-6-12-18-2;/h3-5,7-8,10-11,13,18H,6,9,12H2,1-2H3;1H. The molecule has 0 bridgehead atoms. The van der Waals surface area contributed by atoms with Crippen molar-refractivity contribution >= 4 is 12.4 Å². The van der Waals surface area contributed by atoms with Gasteiger partial charge in [-0.2, -0.15) is 0 Å². The van der Waals surface area contributed by atoms with Crippen LogP contribution >= 0.6 is 12.4 Å². The Morgan fingerprint density at radius 1 is 1.05 bits per heavy atom. The molecule has 0 aliphatic carbocycles. The molecule has 0 saturated carbocycles. The summed E-state index contributed by atoms with van der Waals surface area (Å²) in [6.45, 7) is 3.11. The summed E-state index contributed by atoms with van der Waals surface area (Å²) in [5.41, 5.74) is 2.48. The molecule has 1 N–H and O–H groups in total. The third kappa shape index (κ3) is 4.87. The van der Waals surface area contributed by atoms with Gasteiger partial charge in [-0.25, -0.2) is 0 Å². The minimum absolute atomic E-state index is 0. The van der Waals surface area contributed by atoms with Crippen molar-refractivity contribution in [3.05, 3.63) is 59.7 Å².